The van der Waals surface area contributed by atoms with E-state index >= 15 is 0 Å². The maximum atomic E-state index is 3.62. The van der Waals surface area contributed by atoms with Gasteiger partial charge in [-0.25, -0.2) is 0 Å². The van der Waals surface area contributed by atoms with E-state index in [-0.39, 0.29) is 6.04 Å². The van der Waals surface area contributed by atoms with Crippen molar-refractivity contribution in [1.29, 1.82) is 0 Å². The van der Waals surface area contributed by atoms with E-state index in [1.165, 1.54) is 26.8 Å². The Morgan fingerprint density at radius 1 is 1.05 bits per heavy atom. The highest BCUT2D eigenvalue weighted by molar-refractivity contribution is 7.17. The van der Waals surface area contributed by atoms with Gasteiger partial charge in [-0.15, -0.1) is 11.3 Å². The molecule has 1 aromatic heterocycles. The fourth-order valence-electron chi connectivity index (χ4n) is 2.61. The molecule has 0 aliphatic rings. The van der Waals surface area contributed by atoms with E-state index in [4.69, 9.17) is 0 Å². The molecule has 0 saturated heterocycles. The zero-order valence-corrected chi connectivity index (χ0v) is 12.7. The molecule has 0 bridgehead atoms. The summed E-state index contributed by atoms with van der Waals surface area (Å²) in [7, 11) is 0. The third kappa shape index (κ3) is 2.49. The normalized spacial score (nSPS) is 12.7. The van der Waals surface area contributed by atoms with E-state index in [1.807, 2.05) is 11.3 Å². The van der Waals surface area contributed by atoms with Gasteiger partial charge in [0.2, 0.25) is 0 Å². The molecule has 0 fully saturated rings. The van der Waals surface area contributed by atoms with Crippen LogP contribution in [0.5, 0.6) is 0 Å². The lowest BCUT2D eigenvalue weighted by Gasteiger charge is -2.20. The Morgan fingerprint density at radius 2 is 1.85 bits per heavy atom. The molecule has 0 saturated carbocycles. The topological polar surface area (TPSA) is 12.0 Å². The van der Waals surface area contributed by atoms with Gasteiger partial charge in [0.05, 0.1) is 6.04 Å². The van der Waals surface area contributed by atoms with Crippen LogP contribution in [0, 0.1) is 6.92 Å². The fourth-order valence-corrected chi connectivity index (χ4v) is 3.56. The summed E-state index contributed by atoms with van der Waals surface area (Å²) in [6.07, 6.45) is 0. The van der Waals surface area contributed by atoms with Crippen molar-refractivity contribution in [2.24, 2.45) is 0 Å². The van der Waals surface area contributed by atoms with Crippen molar-refractivity contribution in [2.75, 3.05) is 6.54 Å². The van der Waals surface area contributed by atoms with Gasteiger partial charge in [0, 0.05) is 4.70 Å². The highest BCUT2D eigenvalue weighted by Gasteiger charge is 2.16. The molecule has 0 aliphatic heterocycles. The van der Waals surface area contributed by atoms with Crippen LogP contribution in [0.3, 0.4) is 0 Å². The highest BCUT2D eigenvalue weighted by atomic mass is 32.1. The van der Waals surface area contributed by atoms with E-state index in [9.17, 15) is 0 Å². The molecule has 1 unspecified atom stereocenters. The molecular weight excluding hydrogens is 262 g/mol. The molecule has 0 amide bonds. The van der Waals surface area contributed by atoms with Crippen molar-refractivity contribution in [1.82, 2.24) is 5.32 Å². The molecular formula is C18H19NS. The molecule has 102 valence electrons. The quantitative estimate of drug-likeness (QED) is 0.716. The summed E-state index contributed by atoms with van der Waals surface area (Å²) in [5, 5.41) is 7.13. The minimum atomic E-state index is 0.267. The van der Waals surface area contributed by atoms with Crippen molar-refractivity contribution in [3.63, 3.8) is 0 Å². The Balaban J connectivity index is 2.10. The smallest absolute Gasteiger partial charge is 0.0590 e. The summed E-state index contributed by atoms with van der Waals surface area (Å²) in [6, 6.07) is 17.9. The summed E-state index contributed by atoms with van der Waals surface area (Å²) in [5.74, 6) is 0. The molecule has 2 heteroatoms. The van der Waals surface area contributed by atoms with Crippen LogP contribution in [-0.4, -0.2) is 6.54 Å². The van der Waals surface area contributed by atoms with Crippen molar-refractivity contribution in [3.05, 3.63) is 70.6 Å². The largest absolute Gasteiger partial charge is 0.306 e. The molecule has 0 aliphatic carbocycles. The van der Waals surface area contributed by atoms with Gasteiger partial charge in [-0.1, -0.05) is 55.0 Å². The third-order valence-corrected chi connectivity index (χ3v) is 4.62. The zero-order chi connectivity index (χ0) is 13.9. The van der Waals surface area contributed by atoms with Gasteiger partial charge in [-0.3, -0.25) is 0 Å². The first-order chi connectivity index (χ1) is 9.79. The Labute approximate surface area is 124 Å². The number of benzene rings is 2. The van der Waals surface area contributed by atoms with E-state index < -0.39 is 0 Å². The number of nitrogens with one attached hydrogen (secondary N) is 1. The molecule has 1 atom stereocenters. The molecule has 1 heterocycles. The van der Waals surface area contributed by atoms with Crippen molar-refractivity contribution >= 4 is 21.4 Å². The van der Waals surface area contributed by atoms with Crippen LogP contribution in [0.25, 0.3) is 10.1 Å². The SMILES string of the molecule is CCNC(c1ccc(C)cc1)c1cccc2ccsc12. The van der Waals surface area contributed by atoms with Crippen LogP contribution in [0.15, 0.2) is 53.9 Å². The summed E-state index contributed by atoms with van der Waals surface area (Å²) in [5.41, 5.74) is 4.01. The number of aryl methyl sites for hydroxylation is 1. The van der Waals surface area contributed by atoms with E-state index in [0.29, 0.717) is 0 Å². The first-order valence-corrected chi connectivity index (χ1v) is 7.93. The minimum Gasteiger partial charge on any atom is -0.306 e. The molecule has 20 heavy (non-hydrogen) atoms. The fraction of sp³-hybridized carbons (Fsp3) is 0.222. The van der Waals surface area contributed by atoms with Gasteiger partial charge >= 0.3 is 0 Å². The first-order valence-electron chi connectivity index (χ1n) is 7.05. The van der Waals surface area contributed by atoms with Crippen LogP contribution < -0.4 is 5.32 Å². The Hall–Kier alpha value is -1.64. The molecule has 0 radical (unpaired) electrons. The second-order valence-electron chi connectivity index (χ2n) is 5.09. The van der Waals surface area contributed by atoms with E-state index in [2.05, 4.69) is 73.1 Å². The highest BCUT2D eigenvalue weighted by Crippen LogP contribution is 2.32. The first kappa shape index (κ1) is 13.3. The minimum absolute atomic E-state index is 0.267. The van der Waals surface area contributed by atoms with Crippen molar-refractivity contribution in [3.8, 4) is 0 Å². The van der Waals surface area contributed by atoms with Gasteiger partial charge < -0.3 is 5.32 Å². The summed E-state index contributed by atoms with van der Waals surface area (Å²) >= 11 is 1.83. The average Bonchev–Trinajstić information content (AvgIpc) is 2.94. The Bertz CT molecular complexity index is 697. The van der Waals surface area contributed by atoms with Crippen LogP contribution >= 0.6 is 11.3 Å². The van der Waals surface area contributed by atoms with Crippen molar-refractivity contribution in [2.45, 2.75) is 19.9 Å². The summed E-state index contributed by atoms with van der Waals surface area (Å²) < 4.78 is 1.39. The van der Waals surface area contributed by atoms with Gasteiger partial charge in [0.15, 0.2) is 0 Å². The molecule has 1 nitrogen and oxygen atoms in total. The lowest BCUT2D eigenvalue weighted by molar-refractivity contribution is 0.635. The van der Waals surface area contributed by atoms with Gasteiger partial charge in [-0.05, 0) is 41.4 Å². The number of hydrogen-bond donors (Lipinski definition) is 1. The van der Waals surface area contributed by atoms with Crippen LogP contribution in [0.1, 0.15) is 29.7 Å². The summed E-state index contributed by atoms with van der Waals surface area (Å²) in [6.45, 7) is 5.25. The van der Waals surface area contributed by atoms with Crippen LogP contribution in [-0.2, 0) is 0 Å². The molecule has 1 N–H and O–H groups in total. The predicted octanol–water partition coefficient (Wildman–Crippen LogP) is 4.91. The molecule has 2 aromatic carbocycles. The lowest BCUT2D eigenvalue weighted by atomic mass is 9.97. The molecule has 0 spiro atoms. The third-order valence-electron chi connectivity index (χ3n) is 3.64. The van der Waals surface area contributed by atoms with Gasteiger partial charge in [0.25, 0.3) is 0 Å². The number of thiophene rings is 1. The van der Waals surface area contributed by atoms with E-state index in [1.54, 1.807) is 0 Å². The Kier molecular flexibility index (Phi) is 3.86. The maximum absolute atomic E-state index is 3.62. The summed E-state index contributed by atoms with van der Waals surface area (Å²) in [4.78, 5) is 0. The van der Waals surface area contributed by atoms with Crippen molar-refractivity contribution < 1.29 is 0 Å². The number of rotatable bonds is 4. The second kappa shape index (κ2) is 5.78. The van der Waals surface area contributed by atoms with Crippen LogP contribution in [0.4, 0.5) is 0 Å². The maximum Gasteiger partial charge on any atom is 0.0590 e. The molecule has 3 rings (SSSR count). The average molecular weight is 281 g/mol. The van der Waals surface area contributed by atoms with E-state index in [0.717, 1.165) is 6.54 Å². The molecule has 3 aromatic rings. The van der Waals surface area contributed by atoms with Crippen LogP contribution in [0.2, 0.25) is 0 Å². The number of fused-ring (bicyclic) bond motifs is 1. The van der Waals surface area contributed by atoms with Gasteiger partial charge in [0.1, 0.15) is 0 Å². The Morgan fingerprint density at radius 3 is 2.60 bits per heavy atom. The monoisotopic (exact) mass is 281 g/mol. The predicted molar refractivity (Wildman–Crippen MR) is 88.5 cm³/mol. The number of hydrogen-bond acceptors (Lipinski definition) is 2. The second-order valence-corrected chi connectivity index (χ2v) is 6.00. The zero-order valence-electron chi connectivity index (χ0n) is 11.9. The standard InChI is InChI=1S/C18H19NS/c1-3-19-17(14-9-7-13(2)8-10-14)16-6-4-5-15-11-12-20-18(15)16/h4-12,17,19H,3H2,1-2H3. The van der Waals surface area contributed by atoms with Gasteiger partial charge in [-0.2, -0.15) is 0 Å². The lowest BCUT2D eigenvalue weighted by Crippen LogP contribution is -2.22.